The quantitative estimate of drug-likeness (QED) is 0.693. The summed E-state index contributed by atoms with van der Waals surface area (Å²) in [5.74, 6) is -0.357. The van der Waals surface area contributed by atoms with Gasteiger partial charge in [0.1, 0.15) is 0 Å². The van der Waals surface area contributed by atoms with Crippen LogP contribution in [-0.2, 0) is 6.54 Å². The summed E-state index contributed by atoms with van der Waals surface area (Å²) in [4.78, 5) is 25.9. The first-order valence-electron chi connectivity index (χ1n) is 5.69. The van der Waals surface area contributed by atoms with Crippen molar-refractivity contribution in [2.45, 2.75) is 6.54 Å². The van der Waals surface area contributed by atoms with E-state index in [1.807, 2.05) is 0 Å². The normalized spacial score (nSPS) is 10.1. The number of hydrogen-bond donors (Lipinski definition) is 1. The lowest BCUT2D eigenvalue weighted by Gasteiger charge is -2.06. The highest BCUT2D eigenvalue weighted by molar-refractivity contribution is 6.33. The molecule has 6 nitrogen and oxygen atoms in total. The van der Waals surface area contributed by atoms with E-state index < -0.39 is 4.92 Å². The number of nitrogens with zero attached hydrogens (tertiary/aromatic N) is 2. The van der Waals surface area contributed by atoms with Crippen LogP contribution < -0.4 is 5.32 Å². The largest absolute Gasteiger partial charge is 0.348 e. The van der Waals surface area contributed by atoms with Crippen molar-refractivity contribution in [2.75, 3.05) is 0 Å². The third-order valence-corrected chi connectivity index (χ3v) is 2.89. The molecular formula is C13H10ClN3O3. The van der Waals surface area contributed by atoms with Crippen LogP contribution in [-0.4, -0.2) is 15.8 Å². The molecule has 1 aromatic carbocycles. The minimum Gasteiger partial charge on any atom is -0.348 e. The second-order valence-electron chi connectivity index (χ2n) is 3.97. The maximum atomic E-state index is 11.9. The van der Waals surface area contributed by atoms with E-state index in [0.717, 1.165) is 0 Å². The molecule has 0 saturated carbocycles. The molecule has 0 aliphatic rings. The monoisotopic (exact) mass is 291 g/mol. The van der Waals surface area contributed by atoms with E-state index in [1.54, 1.807) is 12.1 Å². The van der Waals surface area contributed by atoms with Crippen molar-refractivity contribution in [1.82, 2.24) is 10.3 Å². The number of amides is 1. The molecule has 2 rings (SSSR count). The molecule has 0 bridgehead atoms. The summed E-state index contributed by atoms with van der Waals surface area (Å²) in [6, 6.07) is 7.57. The van der Waals surface area contributed by atoms with E-state index in [1.165, 1.54) is 30.6 Å². The molecule has 0 saturated heterocycles. The number of carbonyl (C=O) groups is 1. The van der Waals surface area contributed by atoms with E-state index in [2.05, 4.69) is 10.3 Å². The van der Waals surface area contributed by atoms with Crippen LogP contribution in [0.5, 0.6) is 0 Å². The van der Waals surface area contributed by atoms with Gasteiger partial charge in [-0.1, -0.05) is 23.7 Å². The molecule has 7 heteroatoms. The van der Waals surface area contributed by atoms with Crippen molar-refractivity contribution in [2.24, 2.45) is 0 Å². The van der Waals surface area contributed by atoms with Gasteiger partial charge in [-0.25, -0.2) is 0 Å². The van der Waals surface area contributed by atoms with Crippen molar-refractivity contribution in [3.8, 4) is 0 Å². The molecule has 1 amide bonds. The summed E-state index contributed by atoms with van der Waals surface area (Å²) < 4.78 is 0. The van der Waals surface area contributed by atoms with Gasteiger partial charge in [-0.15, -0.1) is 0 Å². The molecule has 0 spiro atoms. The molecule has 102 valence electrons. The molecule has 0 radical (unpaired) electrons. The Kier molecular flexibility index (Phi) is 4.27. The highest BCUT2D eigenvalue weighted by Gasteiger charge is 2.10. The summed E-state index contributed by atoms with van der Waals surface area (Å²) in [7, 11) is 0. The summed E-state index contributed by atoms with van der Waals surface area (Å²) >= 11 is 5.85. The Morgan fingerprint density at radius 2 is 2.20 bits per heavy atom. The third kappa shape index (κ3) is 3.30. The van der Waals surface area contributed by atoms with Gasteiger partial charge in [0.25, 0.3) is 11.6 Å². The molecule has 0 unspecified atom stereocenters. The van der Waals surface area contributed by atoms with E-state index in [4.69, 9.17) is 11.6 Å². The van der Waals surface area contributed by atoms with Gasteiger partial charge >= 0.3 is 0 Å². The third-order valence-electron chi connectivity index (χ3n) is 2.59. The number of rotatable bonds is 4. The first kappa shape index (κ1) is 14.0. The number of non-ortho nitro benzene ring substituents is 1. The SMILES string of the molecule is O=C(NCc1cccc([N+](=O)[O-])c1)c1ccncc1Cl. The zero-order valence-electron chi connectivity index (χ0n) is 10.2. The second-order valence-corrected chi connectivity index (χ2v) is 4.37. The number of hydrogen-bond acceptors (Lipinski definition) is 4. The predicted molar refractivity (Wildman–Crippen MR) is 73.5 cm³/mol. The Morgan fingerprint density at radius 1 is 1.40 bits per heavy atom. The van der Waals surface area contributed by atoms with Gasteiger partial charge in [-0.2, -0.15) is 0 Å². The first-order chi connectivity index (χ1) is 9.58. The van der Waals surface area contributed by atoms with Gasteiger partial charge in [-0.05, 0) is 11.6 Å². The predicted octanol–water partition coefficient (Wildman–Crippen LogP) is 2.57. The van der Waals surface area contributed by atoms with Crippen LogP contribution >= 0.6 is 11.6 Å². The molecule has 0 atom stereocenters. The number of nitro benzene ring substituents is 1. The maximum Gasteiger partial charge on any atom is 0.269 e. The number of halogens is 1. The summed E-state index contributed by atoms with van der Waals surface area (Å²) in [6.07, 6.45) is 2.85. The van der Waals surface area contributed by atoms with E-state index >= 15 is 0 Å². The number of aromatic nitrogens is 1. The number of pyridine rings is 1. The zero-order valence-corrected chi connectivity index (χ0v) is 11.0. The Balaban J connectivity index is 2.06. The molecule has 2 aromatic rings. The van der Waals surface area contributed by atoms with Gasteiger partial charge in [-0.3, -0.25) is 19.9 Å². The van der Waals surface area contributed by atoms with Gasteiger partial charge in [0.05, 0.1) is 15.5 Å². The number of benzene rings is 1. The average molecular weight is 292 g/mol. The zero-order chi connectivity index (χ0) is 14.5. The number of carbonyl (C=O) groups excluding carboxylic acids is 1. The van der Waals surface area contributed by atoms with Crippen LogP contribution in [0.3, 0.4) is 0 Å². The smallest absolute Gasteiger partial charge is 0.269 e. The molecule has 1 heterocycles. The second kappa shape index (κ2) is 6.12. The van der Waals surface area contributed by atoms with E-state index in [-0.39, 0.29) is 23.2 Å². The fourth-order valence-corrected chi connectivity index (χ4v) is 1.82. The molecule has 0 aliphatic carbocycles. The van der Waals surface area contributed by atoms with Gasteiger partial charge < -0.3 is 5.32 Å². The van der Waals surface area contributed by atoms with Gasteiger partial charge in [0, 0.05) is 31.1 Å². The van der Waals surface area contributed by atoms with Crippen molar-refractivity contribution in [3.63, 3.8) is 0 Å². The molecule has 1 aromatic heterocycles. The standard InChI is InChI=1S/C13H10ClN3O3/c14-12-8-15-5-4-11(12)13(18)16-7-9-2-1-3-10(6-9)17(19)20/h1-6,8H,7H2,(H,16,18). The van der Waals surface area contributed by atoms with Crippen LogP contribution in [0.25, 0.3) is 0 Å². The van der Waals surface area contributed by atoms with Gasteiger partial charge in [0.2, 0.25) is 0 Å². The van der Waals surface area contributed by atoms with Gasteiger partial charge in [0.15, 0.2) is 0 Å². The number of nitro groups is 1. The lowest BCUT2D eigenvalue weighted by molar-refractivity contribution is -0.384. The minimum atomic E-state index is -0.481. The number of nitrogens with one attached hydrogen (secondary N) is 1. The lowest BCUT2D eigenvalue weighted by atomic mass is 10.2. The first-order valence-corrected chi connectivity index (χ1v) is 6.07. The summed E-state index contributed by atoms with van der Waals surface area (Å²) in [6.45, 7) is 0.180. The average Bonchev–Trinajstić information content (AvgIpc) is 2.45. The van der Waals surface area contributed by atoms with Crippen molar-refractivity contribution in [1.29, 1.82) is 0 Å². The fourth-order valence-electron chi connectivity index (χ4n) is 1.62. The fraction of sp³-hybridized carbons (Fsp3) is 0.0769. The maximum absolute atomic E-state index is 11.9. The van der Waals surface area contributed by atoms with E-state index in [0.29, 0.717) is 11.1 Å². The lowest BCUT2D eigenvalue weighted by Crippen LogP contribution is -2.23. The molecule has 1 N–H and O–H groups in total. The van der Waals surface area contributed by atoms with Crippen LogP contribution in [0.1, 0.15) is 15.9 Å². The minimum absolute atomic E-state index is 0.0151. The highest BCUT2D eigenvalue weighted by Crippen LogP contribution is 2.15. The highest BCUT2D eigenvalue weighted by atomic mass is 35.5. The Bertz CT molecular complexity index is 661. The summed E-state index contributed by atoms with van der Waals surface area (Å²) in [5, 5.41) is 13.6. The van der Waals surface area contributed by atoms with Crippen LogP contribution in [0.2, 0.25) is 5.02 Å². The van der Waals surface area contributed by atoms with Crippen molar-refractivity contribution >= 4 is 23.2 Å². The van der Waals surface area contributed by atoms with Crippen molar-refractivity contribution in [3.05, 3.63) is 69.0 Å². The Hall–Kier alpha value is -2.47. The molecule has 0 aliphatic heterocycles. The Morgan fingerprint density at radius 3 is 2.90 bits per heavy atom. The molecule has 20 heavy (non-hydrogen) atoms. The van der Waals surface area contributed by atoms with Crippen LogP contribution in [0, 0.1) is 10.1 Å². The topological polar surface area (TPSA) is 85.1 Å². The van der Waals surface area contributed by atoms with Crippen molar-refractivity contribution < 1.29 is 9.72 Å². The van der Waals surface area contributed by atoms with Crippen LogP contribution in [0.4, 0.5) is 5.69 Å². The summed E-state index contributed by atoms with van der Waals surface area (Å²) in [5.41, 5.74) is 0.934. The van der Waals surface area contributed by atoms with Crippen LogP contribution in [0.15, 0.2) is 42.7 Å². The Labute approximate surface area is 119 Å². The van der Waals surface area contributed by atoms with E-state index in [9.17, 15) is 14.9 Å². The molecular weight excluding hydrogens is 282 g/mol. The molecule has 0 fully saturated rings.